The highest BCUT2D eigenvalue weighted by atomic mass is 35.5. The molecule has 0 bridgehead atoms. The van der Waals surface area contributed by atoms with Crippen molar-refractivity contribution in [3.05, 3.63) is 34.1 Å². The molecule has 20 heavy (non-hydrogen) atoms. The van der Waals surface area contributed by atoms with Crippen molar-refractivity contribution in [1.82, 2.24) is 10.2 Å². The first-order chi connectivity index (χ1) is 9.60. The number of thioether (sulfide) groups is 1. The maximum absolute atomic E-state index is 11.8. The van der Waals surface area contributed by atoms with E-state index in [0.717, 1.165) is 11.8 Å². The number of rotatable bonds is 5. The van der Waals surface area contributed by atoms with Crippen LogP contribution in [0.5, 0.6) is 0 Å². The molecule has 0 radical (unpaired) electrons. The molecule has 0 saturated heterocycles. The zero-order valence-corrected chi connectivity index (χ0v) is 12.4. The Morgan fingerprint density at radius 1 is 1.35 bits per heavy atom. The van der Waals surface area contributed by atoms with E-state index in [4.69, 9.17) is 33.4 Å². The number of aromatic nitrogens is 2. The van der Waals surface area contributed by atoms with Gasteiger partial charge in [0, 0.05) is 0 Å². The summed E-state index contributed by atoms with van der Waals surface area (Å²) in [6.45, 7) is 0.162. The van der Waals surface area contributed by atoms with Gasteiger partial charge in [-0.25, -0.2) is 0 Å². The van der Waals surface area contributed by atoms with Crippen molar-refractivity contribution in [3.63, 3.8) is 0 Å². The van der Waals surface area contributed by atoms with Gasteiger partial charge in [-0.1, -0.05) is 41.0 Å². The molecular formula is C11H10Cl2N4O2S. The lowest BCUT2D eigenvalue weighted by Gasteiger charge is -2.07. The number of halogens is 2. The zero-order chi connectivity index (χ0) is 14.5. The number of hydrogen-bond acceptors (Lipinski definition) is 6. The molecule has 0 unspecified atom stereocenters. The summed E-state index contributed by atoms with van der Waals surface area (Å²) in [4.78, 5) is 11.8. The highest BCUT2D eigenvalue weighted by Gasteiger charge is 2.12. The van der Waals surface area contributed by atoms with Gasteiger partial charge >= 0.3 is 0 Å². The first-order valence-electron chi connectivity index (χ1n) is 5.49. The Bertz CT molecular complexity index is 600. The summed E-state index contributed by atoms with van der Waals surface area (Å²) in [6.07, 6.45) is 0. The Hall–Kier alpha value is -1.28. The number of anilines is 1. The molecule has 3 N–H and O–H groups in total. The Labute approximate surface area is 129 Å². The maximum atomic E-state index is 11.8. The summed E-state index contributed by atoms with van der Waals surface area (Å²) in [6, 6.07) is 4.98. The fraction of sp³-hybridized carbons (Fsp3) is 0.182. The average molecular weight is 333 g/mol. The van der Waals surface area contributed by atoms with E-state index in [1.54, 1.807) is 18.2 Å². The van der Waals surface area contributed by atoms with Gasteiger partial charge in [0.2, 0.25) is 11.8 Å². The van der Waals surface area contributed by atoms with Gasteiger partial charge in [0.05, 0.1) is 28.0 Å². The van der Waals surface area contributed by atoms with Crippen LogP contribution in [0.2, 0.25) is 10.0 Å². The van der Waals surface area contributed by atoms with Gasteiger partial charge in [0.15, 0.2) is 0 Å². The molecule has 9 heteroatoms. The lowest BCUT2D eigenvalue weighted by molar-refractivity contribution is -0.113. The second kappa shape index (κ2) is 6.94. The molecule has 0 fully saturated rings. The predicted octanol–water partition coefficient (Wildman–Crippen LogP) is 2.57. The number of carbonyl (C=O) groups excluding carboxylic acids is 1. The molecule has 0 aliphatic rings. The first kappa shape index (κ1) is 15.1. The van der Waals surface area contributed by atoms with Crippen molar-refractivity contribution < 1.29 is 9.21 Å². The molecule has 0 aliphatic carbocycles. The quantitative estimate of drug-likeness (QED) is 0.817. The molecule has 2 aromatic rings. The normalized spacial score (nSPS) is 10.6. The molecule has 0 atom stereocenters. The van der Waals surface area contributed by atoms with E-state index in [9.17, 15) is 4.79 Å². The summed E-state index contributed by atoms with van der Waals surface area (Å²) in [5.74, 6) is 0.132. The number of hydrogen-bond donors (Lipinski definition) is 2. The number of nitrogens with two attached hydrogens (primary N) is 1. The second-order valence-electron chi connectivity index (χ2n) is 3.60. The van der Waals surface area contributed by atoms with Gasteiger partial charge in [-0.05, 0) is 12.1 Å². The van der Waals surface area contributed by atoms with Gasteiger partial charge < -0.3 is 15.5 Å². The summed E-state index contributed by atoms with van der Waals surface area (Å²) < 4.78 is 5.16. The van der Waals surface area contributed by atoms with E-state index in [1.807, 2.05) is 0 Å². The van der Waals surface area contributed by atoms with Crippen molar-refractivity contribution in [2.24, 2.45) is 5.73 Å². The summed E-state index contributed by atoms with van der Waals surface area (Å²) in [5.41, 5.74) is 5.72. The standard InChI is InChI=1S/C11H10Cl2N4O2S/c12-6-2-1-3-7(13)10(6)15-8(18)5-20-11-17-16-9(4-14)19-11/h1-3H,4-5,14H2,(H,15,18). The Kier molecular flexibility index (Phi) is 5.24. The highest BCUT2D eigenvalue weighted by Crippen LogP contribution is 2.30. The Balaban J connectivity index is 1.92. The second-order valence-corrected chi connectivity index (χ2v) is 5.34. The third-order valence-corrected chi connectivity index (χ3v) is 3.63. The van der Waals surface area contributed by atoms with Crippen LogP contribution >= 0.6 is 35.0 Å². The number of nitrogens with zero attached hydrogens (tertiary/aromatic N) is 2. The van der Waals surface area contributed by atoms with E-state index >= 15 is 0 Å². The molecule has 0 aliphatic heterocycles. The van der Waals surface area contributed by atoms with E-state index < -0.39 is 0 Å². The minimum Gasteiger partial charge on any atom is -0.415 e. The third kappa shape index (κ3) is 3.86. The SMILES string of the molecule is NCc1nnc(SCC(=O)Nc2c(Cl)cccc2Cl)o1. The van der Waals surface area contributed by atoms with Crippen LogP contribution in [-0.2, 0) is 11.3 Å². The summed E-state index contributed by atoms with van der Waals surface area (Å²) in [7, 11) is 0. The minimum atomic E-state index is -0.280. The fourth-order valence-corrected chi connectivity index (χ4v) is 2.37. The Morgan fingerprint density at radius 2 is 2.05 bits per heavy atom. The van der Waals surface area contributed by atoms with Crippen LogP contribution in [0.1, 0.15) is 5.89 Å². The zero-order valence-electron chi connectivity index (χ0n) is 10.1. The smallest absolute Gasteiger partial charge is 0.277 e. The largest absolute Gasteiger partial charge is 0.415 e. The lowest BCUT2D eigenvalue weighted by atomic mass is 10.3. The van der Waals surface area contributed by atoms with Gasteiger partial charge in [-0.2, -0.15) is 0 Å². The molecule has 0 spiro atoms. The van der Waals surface area contributed by atoms with Crippen molar-refractivity contribution in [2.45, 2.75) is 11.8 Å². The molecule has 106 valence electrons. The number of carbonyl (C=O) groups is 1. The Morgan fingerprint density at radius 3 is 2.65 bits per heavy atom. The van der Waals surface area contributed by atoms with Crippen LogP contribution in [0, 0.1) is 0 Å². The van der Waals surface area contributed by atoms with E-state index in [2.05, 4.69) is 15.5 Å². The van der Waals surface area contributed by atoms with E-state index in [0.29, 0.717) is 21.6 Å². The van der Waals surface area contributed by atoms with Crippen LogP contribution in [0.25, 0.3) is 0 Å². The lowest BCUT2D eigenvalue weighted by Crippen LogP contribution is -2.14. The number of nitrogens with one attached hydrogen (secondary N) is 1. The van der Waals surface area contributed by atoms with Crippen molar-refractivity contribution in [2.75, 3.05) is 11.1 Å². The van der Waals surface area contributed by atoms with Crippen molar-refractivity contribution in [1.29, 1.82) is 0 Å². The minimum absolute atomic E-state index is 0.0910. The molecule has 2 rings (SSSR count). The molecular weight excluding hydrogens is 323 g/mol. The molecule has 1 aromatic carbocycles. The van der Waals surface area contributed by atoms with Gasteiger partial charge in [-0.3, -0.25) is 4.79 Å². The topological polar surface area (TPSA) is 94.0 Å². The molecule has 1 heterocycles. The molecule has 0 saturated carbocycles. The van der Waals surface area contributed by atoms with Crippen molar-refractivity contribution in [3.8, 4) is 0 Å². The summed E-state index contributed by atoms with van der Waals surface area (Å²) in [5, 5.41) is 11.1. The predicted molar refractivity (Wildman–Crippen MR) is 78.0 cm³/mol. The van der Waals surface area contributed by atoms with Crippen LogP contribution in [0.3, 0.4) is 0 Å². The molecule has 1 aromatic heterocycles. The van der Waals surface area contributed by atoms with Crippen LogP contribution in [-0.4, -0.2) is 21.9 Å². The summed E-state index contributed by atoms with van der Waals surface area (Å²) >= 11 is 13.0. The van der Waals surface area contributed by atoms with Crippen molar-refractivity contribution >= 4 is 46.6 Å². The highest BCUT2D eigenvalue weighted by molar-refractivity contribution is 7.99. The monoisotopic (exact) mass is 332 g/mol. The molecule has 1 amide bonds. The van der Waals surface area contributed by atoms with Crippen LogP contribution in [0.4, 0.5) is 5.69 Å². The van der Waals surface area contributed by atoms with Gasteiger partial charge in [0.1, 0.15) is 0 Å². The van der Waals surface area contributed by atoms with Crippen LogP contribution < -0.4 is 11.1 Å². The molecule has 6 nitrogen and oxygen atoms in total. The number of benzene rings is 1. The number of amides is 1. The maximum Gasteiger partial charge on any atom is 0.277 e. The average Bonchev–Trinajstić information content (AvgIpc) is 2.89. The van der Waals surface area contributed by atoms with Crippen LogP contribution in [0.15, 0.2) is 27.8 Å². The van der Waals surface area contributed by atoms with Gasteiger partial charge in [0.25, 0.3) is 5.22 Å². The van der Waals surface area contributed by atoms with Gasteiger partial charge in [-0.15, -0.1) is 10.2 Å². The number of para-hydroxylation sites is 1. The van der Waals surface area contributed by atoms with E-state index in [1.165, 1.54) is 0 Å². The first-order valence-corrected chi connectivity index (χ1v) is 7.23. The fourth-order valence-electron chi connectivity index (χ4n) is 1.30. The third-order valence-electron chi connectivity index (χ3n) is 2.18. The van der Waals surface area contributed by atoms with E-state index in [-0.39, 0.29) is 23.4 Å².